The second-order valence-electron chi connectivity index (χ2n) is 2.94. The Balaban J connectivity index is 2.83. The van der Waals surface area contributed by atoms with Crippen molar-refractivity contribution in [2.24, 2.45) is 5.84 Å². The summed E-state index contributed by atoms with van der Waals surface area (Å²) in [7, 11) is 0. The zero-order chi connectivity index (χ0) is 10.6. The van der Waals surface area contributed by atoms with Gasteiger partial charge >= 0.3 is 0 Å². The van der Waals surface area contributed by atoms with E-state index in [2.05, 4.69) is 15.4 Å². The molecule has 0 radical (unpaired) electrons. The molecule has 0 amide bonds. The summed E-state index contributed by atoms with van der Waals surface area (Å²) in [6.07, 6.45) is 1.70. The van der Waals surface area contributed by atoms with E-state index in [4.69, 9.17) is 10.9 Å². The van der Waals surface area contributed by atoms with Crippen LogP contribution in [0.2, 0.25) is 0 Å². The van der Waals surface area contributed by atoms with Gasteiger partial charge in [-0.15, -0.1) is 11.8 Å². The molecule has 14 heavy (non-hydrogen) atoms. The second kappa shape index (κ2) is 5.14. The lowest BCUT2D eigenvalue weighted by Crippen LogP contribution is -2.11. The highest BCUT2D eigenvalue weighted by Gasteiger charge is 2.08. The highest BCUT2D eigenvalue weighted by Crippen LogP contribution is 2.24. The number of aryl methyl sites for hydroxylation is 1. The average molecular weight is 214 g/mol. The number of aromatic nitrogens is 2. The monoisotopic (exact) mass is 214 g/mol. The predicted octanol–water partition coefficient (Wildman–Crippen LogP) is 0.544. The number of aliphatic hydroxyl groups is 1. The number of nitrogens with zero attached hydrogens (tertiary/aromatic N) is 2. The molecule has 0 aromatic carbocycles. The molecule has 0 aliphatic heterocycles. The normalized spacial score (nSPS) is 12.6. The Morgan fingerprint density at radius 3 is 3.00 bits per heavy atom. The zero-order valence-corrected chi connectivity index (χ0v) is 9.01. The summed E-state index contributed by atoms with van der Waals surface area (Å²) in [5.74, 6) is 5.59. The molecule has 0 fully saturated rings. The van der Waals surface area contributed by atoms with Crippen LogP contribution in [-0.2, 0) is 0 Å². The lowest BCUT2D eigenvalue weighted by atomic mass is 10.4. The summed E-state index contributed by atoms with van der Waals surface area (Å²) in [4.78, 5) is 8.15. The third-order valence-corrected chi connectivity index (χ3v) is 2.81. The first-order valence-corrected chi connectivity index (χ1v) is 5.13. The van der Waals surface area contributed by atoms with Crippen LogP contribution in [0.5, 0.6) is 0 Å². The first-order chi connectivity index (χ1) is 6.67. The molecular formula is C8H14N4OS. The van der Waals surface area contributed by atoms with E-state index in [0.717, 1.165) is 10.6 Å². The van der Waals surface area contributed by atoms with Gasteiger partial charge < -0.3 is 5.11 Å². The number of nitrogens with one attached hydrogen (secondary N) is 1. The molecule has 0 spiro atoms. The smallest absolute Gasteiger partial charge is 0.238 e. The topological polar surface area (TPSA) is 84.1 Å². The third-order valence-electron chi connectivity index (χ3n) is 1.62. The summed E-state index contributed by atoms with van der Waals surface area (Å²) in [6, 6.07) is 0. The van der Waals surface area contributed by atoms with Gasteiger partial charge in [0.15, 0.2) is 0 Å². The van der Waals surface area contributed by atoms with Crippen molar-refractivity contribution in [2.45, 2.75) is 24.1 Å². The van der Waals surface area contributed by atoms with Crippen LogP contribution in [0.3, 0.4) is 0 Å². The molecule has 1 aromatic rings. The van der Waals surface area contributed by atoms with Gasteiger partial charge in [0.05, 0.1) is 6.61 Å². The van der Waals surface area contributed by atoms with E-state index >= 15 is 0 Å². The van der Waals surface area contributed by atoms with Crippen molar-refractivity contribution in [3.63, 3.8) is 0 Å². The van der Waals surface area contributed by atoms with Crippen LogP contribution in [0.25, 0.3) is 0 Å². The van der Waals surface area contributed by atoms with Gasteiger partial charge in [0.1, 0.15) is 5.03 Å². The highest BCUT2D eigenvalue weighted by molar-refractivity contribution is 7.99. The van der Waals surface area contributed by atoms with Crippen molar-refractivity contribution in [3.8, 4) is 0 Å². The van der Waals surface area contributed by atoms with Crippen LogP contribution in [0.15, 0.2) is 11.2 Å². The maximum absolute atomic E-state index is 8.91. The van der Waals surface area contributed by atoms with Gasteiger partial charge in [-0.25, -0.2) is 15.8 Å². The van der Waals surface area contributed by atoms with Crippen LogP contribution >= 0.6 is 11.8 Å². The lowest BCUT2D eigenvalue weighted by Gasteiger charge is -2.09. The minimum Gasteiger partial charge on any atom is -0.395 e. The Kier molecular flexibility index (Phi) is 4.12. The van der Waals surface area contributed by atoms with Gasteiger partial charge in [0.25, 0.3) is 0 Å². The van der Waals surface area contributed by atoms with E-state index in [1.807, 2.05) is 13.8 Å². The fraction of sp³-hybridized carbons (Fsp3) is 0.500. The number of hydrogen-bond acceptors (Lipinski definition) is 6. The van der Waals surface area contributed by atoms with Gasteiger partial charge in [0.2, 0.25) is 5.95 Å². The fourth-order valence-corrected chi connectivity index (χ4v) is 1.68. The van der Waals surface area contributed by atoms with Crippen LogP contribution in [0.4, 0.5) is 5.95 Å². The van der Waals surface area contributed by atoms with E-state index < -0.39 is 0 Å². The number of nitrogens with two attached hydrogens (primary N) is 1. The van der Waals surface area contributed by atoms with E-state index in [1.54, 1.807) is 6.20 Å². The van der Waals surface area contributed by atoms with Crippen molar-refractivity contribution in [2.75, 3.05) is 12.0 Å². The SMILES string of the molecule is Cc1cnc(NN)nc1SC(C)CO. The number of hydrazine groups is 1. The maximum Gasteiger partial charge on any atom is 0.238 e. The fourth-order valence-electron chi connectivity index (χ4n) is 0.843. The molecule has 5 nitrogen and oxygen atoms in total. The van der Waals surface area contributed by atoms with E-state index in [9.17, 15) is 0 Å². The highest BCUT2D eigenvalue weighted by atomic mass is 32.2. The number of rotatable bonds is 4. The lowest BCUT2D eigenvalue weighted by molar-refractivity contribution is 0.300. The van der Waals surface area contributed by atoms with Crippen LogP contribution in [-0.4, -0.2) is 26.9 Å². The van der Waals surface area contributed by atoms with Crippen molar-refractivity contribution >= 4 is 17.7 Å². The molecule has 6 heteroatoms. The van der Waals surface area contributed by atoms with Crippen LogP contribution in [0.1, 0.15) is 12.5 Å². The first kappa shape index (κ1) is 11.2. The number of nitrogen functional groups attached to an aromatic ring is 1. The number of thioether (sulfide) groups is 1. The molecule has 0 saturated carbocycles. The first-order valence-electron chi connectivity index (χ1n) is 4.25. The predicted molar refractivity (Wildman–Crippen MR) is 57.0 cm³/mol. The Bertz CT molecular complexity index is 307. The molecule has 78 valence electrons. The van der Waals surface area contributed by atoms with Crippen molar-refractivity contribution in [1.29, 1.82) is 0 Å². The molecule has 4 N–H and O–H groups in total. The summed E-state index contributed by atoms with van der Waals surface area (Å²) in [5, 5.41) is 9.87. The number of aliphatic hydroxyl groups excluding tert-OH is 1. The van der Waals surface area contributed by atoms with Crippen LogP contribution < -0.4 is 11.3 Å². The van der Waals surface area contributed by atoms with E-state index in [-0.39, 0.29) is 11.9 Å². The molecule has 0 aliphatic carbocycles. The summed E-state index contributed by atoms with van der Waals surface area (Å²) in [6.45, 7) is 3.98. The number of anilines is 1. The Morgan fingerprint density at radius 1 is 1.71 bits per heavy atom. The van der Waals surface area contributed by atoms with Gasteiger partial charge in [-0.3, -0.25) is 5.43 Å². The summed E-state index contributed by atoms with van der Waals surface area (Å²) in [5.41, 5.74) is 3.37. The molecular weight excluding hydrogens is 200 g/mol. The van der Waals surface area contributed by atoms with Gasteiger partial charge in [-0.1, -0.05) is 6.92 Å². The minimum absolute atomic E-state index is 0.120. The Labute approximate surface area is 87.1 Å². The largest absolute Gasteiger partial charge is 0.395 e. The quantitative estimate of drug-likeness (QED) is 0.294. The second-order valence-corrected chi connectivity index (χ2v) is 4.36. The van der Waals surface area contributed by atoms with Gasteiger partial charge in [-0.05, 0) is 12.5 Å². The van der Waals surface area contributed by atoms with Gasteiger partial charge in [0, 0.05) is 11.4 Å². The molecule has 0 bridgehead atoms. The molecule has 1 heterocycles. The molecule has 1 unspecified atom stereocenters. The summed E-state index contributed by atoms with van der Waals surface area (Å²) < 4.78 is 0. The van der Waals surface area contributed by atoms with E-state index in [1.165, 1.54) is 11.8 Å². The summed E-state index contributed by atoms with van der Waals surface area (Å²) >= 11 is 1.50. The maximum atomic E-state index is 8.91. The Morgan fingerprint density at radius 2 is 2.43 bits per heavy atom. The van der Waals surface area contributed by atoms with Crippen molar-refractivity contribution < 1.29 is 5.11 Å². The third kappa shape index (κ3) is 2.83. The van der Waals surface area contributed by atoms with Crippen LogP contribution in [0, 0.1) is 6.92 Å². The van der Waals surface area contributed by atoms with Crippen molar-refractivity contribution in [1.82, 2.24) is 9.97 Å². The molecule has 1 rings (SSSR count). The average Bonchev–Trinajstić information content (AvgIpc) is 2.21. The molecule has 0 saturated heterocycles. The van der Waals surface area contributed by atoms with E-state index in [0.29, 0.717) is 5.95 Å². The molecule has 1 aromatic heterocycles. The van der Waals surface area contributed by atoms with Crippen molar-refractivity contribution in [3.05, 3.63) is 11.8 Å². The minimum atomic E-state index is 0.120. The molecule has 1 atom stereocenters. The zero-order valence-electron chi connectivity index (χ0n) is 8.19. The molecule has 0 aliphatic rings. The van der Waals surface area contributed by atoms with Gasteiger partial charge in [-0.2, -0.15) is 0 Å². The Hall–Kier alpha value is -0.850. The number of hydrogen-bond donors (Lipinski definition) is 3. The standard InChI is InChI=1S/C8H14N4OS/c1-5-3-10-8(12-9)11-7(5)14-6(2)4-13/h3,6,13H,4,9H2,1-2H3,(H,10,11,12).